The van der Waals surface area contributed by atoms with Crippen LogP contribution in [0, 0.1) is 22.2 Å². The molecule has 2 aliphatic heterocycles. The van der Waals surface area contributed by atoms with E-state index in [2.05, 4.69) is 61.0 Å². The molecule has 5 rings (SSSR count). The van der Waals surface area contributed by atoms with E-state index in [-0.39, 0.29) is 35.0 Å². The number of carbonyl (C=O) groups excluding carboxylic acids is 1. The van der Waals surface area contributed by atoms with Crippen LogP contribution in [0.3, 0.4) is 0 Å². The Labute approximate surface area is 237 Å². The molecule has 40 heavy (non-hydrogen) atoms. The smallest absolute Gasteiger partial charge is 0.251 e. The number of nitrogens with zero attached hydrogens (tertiary/aromatic N) is 3. The van der Waals surface area contributed by atoms with Crippen LogP contribution in [0.15, 0.2) is 42.5 Å². The van der Waals surface area contributed by atoms with Gasteiger partial charge in [0.25, 0.3) is 5.91 Å². The van der Waals surface area contributed by atoms with E-state index in [1.54, 1.807) is 25.3 Å². The van der Waals surface area contributed by atoms with Gasteiger partial charge in [0.15, 0.2) is 0 Å². The second-order valence-electron chi connectivity index (χ2n) is 12.7. The number of aliphatic hydroxyl groups is 1. The maximum Gasteiger partial charge on any atom is 0.251 e. The highest BCUT2D eigenvalue weighted by Gasteiger charge is 2.64. The Kier molecular flexibility index (Phi) is 7.73. The second-order valence-corrected chi connectivity index (χ2v) is 12.7. The number of amides is 1. The van der Waals surface area contributed by atoms with Crippen molar-refractivity contribution in [1.82, 2.24) is 10.2 Å². The Morgan fingerprint density at radius 3 is 2.33 bits per heavy atom. The van der Waals surface area contributed by atoms with Crippen LogP contribution in [-0.4, -0.2) is 73.5 Å². The molecular weight excluding hydrogens is 504 g/mol. The molecule has 0 aromatic heterocycles. The van der Waals surface area contributed by atoms with Crippen LogP contribution in [0.25, 0.3) is 0 Å². The Hall–Kier alpha value is -3.28. The van der Waals surface area contributed by atoms with Crippen molar-refractivity contribution in [3.63, 3.8) is 0 Å². The first-order valence-corrected chi connectivity index (χ1v) is 14.4. The zero-order chi connectivity index (χ0) is 28.7. The number of nitriles is 1. The standard InChI is InChI=1S/C32H42N4O4/c1-31(2)29(32(3,4)30(31)40-26-11-8-22(19-33)27(18-26)39-5)34-28(38)21-6-9-23(10-7-21)36-15-12-24(20-36)35-16-13-25(37)14-17-35/h6-11,18,24-25,29-30,37H,12-17,20H2,1-5H3,(H,34,38)/t24-,29?,30?/m1/s1. The Morgan fingerprint density at radius 1 is 1.02 bits per heavy atom. The maximum atomic E-state index is 13.3. The number of rotatable bonds is 7. The molecule has 1 saturated carbocycles. The monoisotopic (exact) mass is 546 g/mol. The third kappa shape index (κ3) is 5.25. The summed E-state index contributed by atoms with van der Waals surface area (Å²) in [7, 11) is 1.54. The summed E-state index contributed by atoms with van der Waals surface area (Å²) in [5.41, 5.74) is 1.64. The minimum atomic E-state index is -0.310. The Balaban J connectivity index is 1.19. The van der Waals surface area contributed by atoms with Gasteiger partial charge >= 0.3 is 0 Å². The lowest BCUT2D eigenvalue weighted by molar-refractivity contribution is -0.164. The van der Waals surface area contributed by atoms with Gasteiger partial charge < -0.3 is 24.8 Å². The van der Waals surface area contributed by atoms with Crippen molar-refractivity contribution in [3.05, 3.63) is 53.6 Å². The van der Waals surface area contributed by atoms with Gasteiger partial charge in [-0.3, -0.25) is 9.69 Å². The summed E-state index contributed by atoms with van der Waals surface area (Å²) in [5, 5.41) is 22.4. The predicted molar refractivity (Wildman–Crippen MR) is 155 cm³/mol. The van der Waals surface area contributed by atoms with Crippen LogP contribution in [-0.2, 0) is 0 Å². The van der Waals surface area contributed by atoms with E-state index in [4.69, 9.17) is 9.47 Å². The van der Waals surface area contributed by atoms with Gasteiger partial charge in [-0.25, -0.2) is 0 Å². The van der Waals surface area contributed by atoms with Gasteiger partial charge in [-0.2, -0.15) is 5.26 Å². The lowest BCUT2D eigenvalue weighted by atomic mass is 9.49. The van der Waals surface area contributed by atoms with E-state index in [0.29, 0.717) is 28.7 Å². The SMILES string of the molecule is COc1cc(OC2C(C)(C)C(NC(=O)c3ccc(N4CC[C@@H](N5CCC(O)CC5)C4)cc3)C2(C)C)ccc1C#N. The average Bonchev–Trinajstić information content (AvgIpc) is 3.45. The van der Waals surface area contributed by atoms with Gasteiger partial charge in [-0.15, -0.1) is 0 Å². The van der Waals surface area contributed by atoms with Crippen molar-refractivity contribution in [2.75, 3.05) is 38.2 Å². The number of methoxy groups -OCH3 is 1. The molecule has 1 amide bonds. The highest BCUT2D eigenvalue weighted by atomic mass is 16.5. The van der Waals surface area contributed by atoms with Gasteiger partial charge in [0, 0.05) is 66.4 Å². The van der Waals surface area contributed by atoms with E-state index >= 15 is 0 Å². The van der Waals surface area contributed by atoms with Gasteiger partial charge in [-0.1, -0.05) is 27.7 Å². The minimum absolute atomic E-state index is 0.0811. The molecule has 1 aliphatic carbocycles. The molecule has 0 radical (unpaired) electrons. The van der Waals surface area contributed by atoms with Crippen molar-refractivity contribution in [2.24, 2.45) is 10.8 Å². The molecule has 8 nitrogen and oxygen atoms in total. The third-order valence-corrected chi connectivity index (χ3v) is 9.34. The molecule has 3 fully saturated rings. The highest BCUT2D eigenvalue weighted by molar-refractivity contribution is 5.95. The molecule has 2 N–H and O–H groups in total. The number of aliphatic hydroxyl groups excluding tert-OH is 1. The van der Waals surface area contributed by atoms with Gasteiger partial charge in [0.1, 0.15) is 23.7 Å². The zero-order valence-electron chi connectivity index (χ0n) is 24.3. The molecule has 1 atom stereocenters. The Morgan fingerprint density at radius 2 is 1.70 bits per heavy atom. The number of carbonyl (C=O) groups is 1. The number of hydrogen-bond donors (Lipinski definition) is 2. The number of benzene rings is 2. The number of hydrogen-bond acceptors (Lipinski definition) is 7. The van der Waals surface area contributed by atoms with Crippen molar-refractivity contribution in [3.8, 4) is 17.6 Å². The Bertz CT molecular complexity index is 1240. The molecular formula is C32H42N4O4. The highest BCUT2D eigenvalue weighted by Crippen LogP contribution is 2.55. The van der Waals surface area contributed by atoms with Crippen molar-refractivity contribution < 1.29 is 19.4 Å². The minimum Gasteiger partial charge on any atom is -0.495 e. The van der Waals surface area contributed by atoms with E-state index in [0.717, 1.165) is 51.1 Å². The second kappa shape index (κ2) is 10.9. The molecule has 2 aromatic carbocycles. The molecule has 0 unspecified atom stereocenters. The molecule has 2 saturated heterocycles. The molecule has 0 spiro atoms. The summed E-state index contributed by atoms with van der Waals surface area (Å²) in [4.78, 5) is 18.2. The van der Waals surface area contributed by atoms with Crippen molar-refractivity contribution in [1.29, 1.82) is 5.26 Å². The van der Waals surface area contributed by atoms with Gasteiger partial charge in [0.2, 0.25) is 0 Å². The molecule has 2 heterocycles. The van der Waals surface area contributed by atoms with E-state index in [1.807, 2.05) is 12.1 Å². The summed E-state index contributed by atoms with van der Waals surface area (Å²) < 4.78 is 11.7. The fourth-order valence-electron chi connectivity index (χ4n) is 7.34. The largest absolute Gasteiger partial charge is 0.495 e. The first-order valence-electron chi connectivity index (χ1n) is 14.4. The summed E-state index contributed by atoms with van der Waals surface area (Å²) in [6.07, 6.45) is 2.57. The van der Waals surface area contributed by atoms with Crippen molar-refractivity contribution >= 4 is 11.6 Å². The predicted octanol–water partition coefficient (Wildman–Crippen LogP) is 4.21. The number of piperidine rings is 1. The number of ether oxygens (including phenoxy) is 2. The first-order chi connectivity index (χ1) is 19.0. The normalized spacial score (nSPS) is 26.0. The van der Waals surface area contributed by atoms with Crippen LogP contribution in [0.2, 0.25) is 0 Å². The molecule has 2 aromatic rings. The van der Waals surface area contributed by atoms with Crippen LogP contribution < -0.4 is 19.7 Å². The number of nitrogens with one attached hydrogen (secondary N) is 1. The quantitative estimate of drug-likeness (QED) is 0.537. The number of anilines is 1. The van der Waals surface area contributed by atoms with Gasteiger partial charge in [0.05, 0.1) is 18.8 Å². The molecule has 214 valence electrons. The lowest BCUT2D eigenvalue weighted by Gasteiger charge is -2.63. The third-order valence-electron chi connectivity index (χ3n) is 9.34. The maximum absolute atomic E-state index is 13.3. The van der Waals surface area contributed by atoms with Gasteiger partial charge in [-0.05, 0) is 55.7 Å². The van der Waals surface area contributed by atoms with E-state index in [1.165, 1.54) is 0 Å². The van der Waals surface area contributed by atoms with Crippen LogP contribution in [0.5, 0.6) is 11.5 Å². The molecule has 3 aliphatic rings. The van der Waals surface area contributed by atoms with E-state index < -0.39 is 0 Å². The lowest BCUT2D eigenvalue weighted by Crippen LogP contribution is -2.74. The number of likely N-dealkylation sites (tertiary alicyclic amines) is 1. The fourth-order valence-corrected chi connectivity index (χ4v) is 7.34. The summed E-state index contributed by atoms with van der Waals surface area (Å²) in [6.45, 7) is 12.4. The summed E-state index contributed by atoms with van der Waals surface area (Å²) in [5.74, 6) is 1.05. The van der Waals surface area contributed by atoms with Crippen LogP contribution in [0.1, 0.15) is 62.9 Å². The van der Waals surface area contributed by atoms with Crippen LogP contribution in [0.4, 0.5) is 5.69 Å². The molecule has 0 bridgehead atoms. The zero-order valence-corrected chi connectivity index (χ0v) is 24.3. The first kappa shape index (κ1) is 28.3. The average molecular weight is 547 g/mol. The topological polar surface area (TPSA) is 98.1 Å². The summed E-state index contributed by atoms with van der Waals surface area (Å²) in [6, 6.07) is 15.8. The van der Waals surface area contributed by atoms with Crippen molar-refractivity contribution in [2.45, 2.75) is 71.2 Å². The van der Waals surface area contributed by atoms with Crippen LogP contribution >= 0.6 is 0 Å². The fraction of sp³-hybridized carbons (Fsp3) is 0.562. The molecule has 8 heteroatoms. The van der Waals surface area contributed by atoms with E-state index in [9.17, 15) is 15.2 Å². The summed E-state index contributed by atoms with van der Waals surface area (Å²) >= 11 is 0.